The van der Waals surface area contributed by atoms with Crippen molar-refractivity contribution in [2.45, 2.75) is 6.92 Å². The van der Waals surface area contributed by atoms with E-state index in [-0.39, 0.29) is 5.70 Å². The maximum absolute atomic E-state index is 10.5. The van der Waals surface area contributed by atoms with Crippen LogP contribution in [0.4, 0.5) is 0 Å². The predicted octanol–water partition coefficient (Wildman–Crippen LogP) is -0.391. The van der Waals surface area contributed by atoms with E-state index in [9.17, 15) is 14.9 Å². The molecule has 0 aliphatic heterocycles. The molecule has 0 fully saturated rings. The molecule has 0 aromatic rings. The second-order valence-corrected chi connectivity index (χ2v) is 2.17. The van der Waals surface area contributed by atoms with Gasteiger partial charge in [0.1, 0.15) is 0 Å². The lowest BCUT2D eigenvalue weighted by molar-refractivity contribution is -0.416. The van der Waals surface area contributed by atoms with Crippen LogP contribution in [0.15, 0.2) is 16.4 Å². The summed E-state index contributed by atoms with van der Waals surface area (Å²) in [5.74, 6) is -1.47. The number of carboxylic acid groups (broad SMARTS) is 1. The molecular weight excluding hydrogens is 178 g/mol. The summed E-state index contributed by atoms with van der Waals surface area (Å²) in [6, 6.07) is 0. The van der Waals surface area contributed by atoms with Crippen LogP contribution < -0.4 is 5.73 Å². The topological polar surface area (TPSA) is 119 Å². The number of carbonyl (C=O) groups is 1. The first-order valence-corrected chi connectivity index (χ1v) is 3.23. The number of nitrogens with two attached hydrogens (primary N) is 1. The highest BCUT2D eigenvalue weighted by Gasteiger charge is 2.27. The molecule has 0 aromatic carbocycles. The van der Waals surface area contributed by atoms with Crippen molar-refractivity contribution < 1.29 is 14.8 Å². The number of allylic oxidation sites excluding steroid dienone is 1. The zero-order valence-electron chi connectivity index (χ0n) is 7.14. The third kappa shape index (κ3) is 2.55. The third-order valence-corrected chi connectivity index (χ3v) is 1.21. The minimum Gasteiger partial charge on any atom is -0.476 e. The predicted molar refractivity (Wildman–Crippen MR) is 44.9 cm³/mol. The van der Waals surface area contributed by atoms with E-state index in [1.807, 2.05) is 0 Å². The van der Waals surface area contributed by atoms with E-state index in [2.05, 4.69) is 4.99 Å². The summed E-state index contributed by atoms with van der Waals surface area (Å²) in [6.07, 6.45) is 0. The van der Waals surface area contributed by atoms with Gasteiger partial charge in [-0.2, -0.15) is 0 Å². The fourth-order valence-electron chi connectivity index (χ4n) is 0.720. The quantitative estimate of drug-likeness (QED) is 0.354. The number of hydrogen-bond donors (Lipinski definition) is 2. The Kier molecular flexibility index (Phi) is 3.57. The second-order valence-electron chi connectivity index (χ2n) is 2.17. The van der Waals surface area contributed by atoms with Crippen LogP contribution in [0.5, 0.6) is 0 Å². The molecule has 0 atom stereocenters. The number of nitrogens with zero attached hydrogens (tertiary/aromatic N) is 2. The summed E-state index contributed by atoms with van der Waals surface area (Å²) in [5.41, 5.74) is 3.64. The molecule has 0 amide bonds. The van der Waals surface area contributed by atoms with Crippen LogP contribution in [0.1, 0.15) is 6.92 Å². The Morgan fingerprint density at radius 2 is 2.08 bits per heavy atom. The van der Waals surface area contributed by atoms with Crippen molar-refractivity contribution in [3.05, 3.63) is 21.5 Å². The van der Waals surface area contributed by atoms with Gasteiger partial charge in [-0.3, -0.25) is 15.1 Å². The summed E-state index contributed by atoms with van der Waals surface area (Å²) >= 11 is 0. The number of hydrogen-bond acceptors (Lipinski definition) is 5. The van der Waals surface area contributed by atoms with Crippen molar-refractivity contribution in [1.82, 2.24) is 0 Å². The molecule has 7 nitrogen and oxygen atoms in total. The first-order valence-electron chi connectivity index (χ1n) is 3.23. The van der Waals surface area contributed by atoms with Crippen molar-refractivity contribution >= 4 is 11.7 Å². The minimum atomic E-state index is -1.47. The van der Waals surface area contributed by atoms with Gasteiger partial charge < -0.3 is 10.8 Å². The van der Waals surface area contributed by atoms with E-state index < -0.39 is 22.3 Å². The summed E-state index contributed by atoms with van der Waals surface area (Å²) in [6.45, 7) is 1.24. The molecule has 0 aliphatic carbocycles. The largest absolute Gasteiger partial charge is 0.476 e. The average Bonchev–Trinajstić information content (AvgIpc) is 1.97. The van der Waals surface area contributed by atoms with Crippen molar-refractivity contribution in [2.75, 3.05) is 7.05 Å². The number of carboxylic acids is 1. The maximum atomic E-state index is 10.5. The number of rotatable bonds is 3. The molecule has 0 heterocycles. The standard InChI is InChI=1S/C6H9N3O4/c1-3(7)5(9(12)13)4(8-2)6(10)11/h7H2,1-2H3,(H,10,11). The van der Waals surface area contributed by atoms with E-state index in [0.717, 1.165) is 7.05 Å². The molecule has 0 saturated carbocycles. The second kappa shape index (κ2) is 4.19. The molecule has 0 radical (unpaired) electrons. The summed E-state index contributed by atoms with van der Waals surface area (Å²) in [5, 5.41) is 18.9. The van der Waals surface area contributed by atoms with Gasteiger partial charge in [0.2, 0.25) is 5.71 Å². The summed E-state index contributed by atoms with van der Waals surface area (Å²) < 4.78 is 0. The fourth-order valence-corrected chi connectivity index (χ4v) is 0.720. The smallest absolute Gasteiger partial charge is 0.361 e. The van der Waals surface area contributed by atoms with Crippen molar-refractivity contribution in [3.8, 4) is 0 Å². The van der Waals surface area contributed by atoms with Crippen LogP contribution in [0.2, 0.25) is 0 Å². The van der Waals surface area contributed by atoms with E-state index in [1.54, 1.807) is 0 Å². The first-order chi connectivity index (χ1) is 5.91. The van der Waals surface area contributed by atoms with Gasteiger partial charge in [-0.15, -0.1) is 0 Å². The van der Waals surface area contributed by atoms with Gasteiger partial charge >= 0.3 is 11.7 Å². The lowest BCUT2D eigenvalue weighted by Gasteiger charge is -1.98. The highest BCUT2D eigenvalue weighted by atomic mass is 16.6. The minimum absolute atomic E-state index is 0.187. The van der Waals surface area contributed by atoms with E-state index in [0.29, 0.717) is 0 Å². The normalized spacial score (nSPS) is 13.5. The zero-order chi connectivity index (χ0) is 10.6. The van der Waals surface area contributed by atoms with Gasteiger partial charge in [0.25, 0.3) is 0 Å². The van der Waals surface area contributed by atoms with Crippen LogP contribution in [0.25, 0.3) is 0 Å². The van der Waals surface area contributed by atoms with Gasteiger partial charge in [-0.25, -0.2) is 4.79 Å². The van der Waals surface area contributed by atoms with E-state index in [1.165, 1.54) is 6.92 Å². The molecule has 13 heavy (non-hydrogen) atoms. The highest BCUT2D eigenvalue weighted by Crippen LogP contribution is 2.03. The molecule has 0 saturated heterocycles. The molecule has 0 bridgehead atoms. The van der Waals surface area contributed by atoms with Gasteiger partial charge in [-0.05, 0) is 6.92 Å². The first kappa shape index (κ1) is 11.1. The molecule has 0 aliphatic rings. The Balaban J connectivity index is 5.34. The molecule has 0 unspecified atom stereocenters. The third-order valence-electron chi connectivity index (χ3n) is 1.21. The Morgan fingerprint density at radius 3 is 2.15 bits per heavy atom. The maximum Gasteiger partial charge on any atom is 0.361 e. The average molecular weight is 187 g/mol. The number of aliphatic imine (C=N–C) groups is 1. The van der Waals surface area contributed by atoms with Crippen LogP contribution in [-0.4, -0.2) is 28.8 Å². The molecule has 3 N–H and O–H groups in total. The van der Waals surface area contributed by atoms with Crippen molar-refractivity contribution in [2.24, 2.45) is 10.7 Å². The summed E-state index contributed by atoms with van der Waals surface area (Å²) in [4.78, 5) is 23.2. The van der Waals surface area contributed by atoms with Gasteiger partial charge in [0, 0.05) is 7.05 Å². The fraction of sp³-hybridized carbons (Fsp3) is 0.333. The monoisotopic (exact) mass is 187 g/mol. The van der Waals surface area contributed by atoms with Gasteiger partial charge in [-0.1, -0.05) is 0 Å². The van der Waals surface area contributed by atoms with Gasteiger partial charge in [0.05, 0.1) is 10.6 Å². The van der Waals surface area contributed by atoms with E-state index in [4.69, 9.17) is 10.8 Å². The lowest BCUT2D eigenvalue weighted by atomic mass is 10.2. The van der Waals surface area contributed by atoms with Crippen LogP contribution >= 0.6 is 0 Å². The van der Waals surface area contributed by atoms with Crippen LogP contribution in [0, 0.1) is 10.1 Å². The SMILES string of the molecule is CN=C(C(=O)O)C(=C(C)N)[N+](=O)[O-]. The molecule has 72 valence electrons. The molecule has 0 rings (SSSR count). The Labute approximate surface area is 73.7 Å². The number of nitro groups is 1. The van der Waals surface area contributed by atoms with Crippen LogP contribution in [-0.2, 0) is 4.79 Å². The summed E-state index contributed by atoms with van der Waals surface area (Å²) in [7, 11) is 1.15. The van der Waals surface area contributed by atoms with Crippen LogP contribution in [0.3, 0.4) is 0 Å². The number of aliphatic carboxylic acids is 1. The molecule has 0 aromatic heterocycles. The molecular formula is C6H9N3O4. The van der Waals surface area contributed by atoms with Crippen molar-refractivity contribution in [1.29, 1.82) is 0 Å². The highest BCUT2D eigenvalue weighted by molar-refractivity contribution is 6.41. The van der Waals surface area contributed by atoms with E-state index >= 15 is 0 Å². The lowest BCUT2D eigenvalue weighted by Crippen LogP contribution is -2.24. The Bertz CT molecular complexity index is 301. The zero-order valence-corrected chi connectivity index (χ0v) is 7.14. The Morgan fingerprint density at radius 1 is 1.62 bits per heavy atom. The molecule has 7 heteroatoms. The Hall–Kier alpha value is -1.92. The molecule has 0 spiro atoms. The van der Waals surface area contributed by atoms with Crippen molar-refractivity contribution in [3.63, 3.8) is 0 Å². The van der Waals surface area contributed by atoms with Gasteiger partial charge in [0.15, 0.2) is 0 Å².